The number of halogens is 1. The number of aromatic nitrogens is 2. The summed E-state index contributed by atoms with van der Waals surface area (Å²) in [6.45, 7) is 5.20. The third-order valence-electron chi connectivity index (χ3n) is 8.00. The van der Waals surface area contributed by atoms with E-state index in [0.29, 0.717) is 0 Å². The maximum absolute atomic E-state index is 13.4. The van der Waals surface area contributed by atoms with E-state index in [-0.39, 0.29) is 23.1 Å². The molecule has 6 rings (SSSR count). The first kappa shape index (κ1) is 18.5. The lowest BCUT2D eigenvalue weighted by atomic mass is 9.38. The lowest BCUT2D eigenvalue weighted by Crippen LogP contribution is -2.69. The molecule has 30 heavy (non-hydrogen) atoms. The minimum atomic E-state index is -0.740. The smallest absolute Gasteiger partial charge is 0.123 e. The number of aliphatic hydroxyl groups is 1. The highest BCUT2D eigenvalue weighted by Gasteiger charge is 2.71. The van der Waals surface area contributed by atoms with Crippen LogP contribution in [0.25, 0.3) is 17.3 Å². The summed E-state index contributed by atoms with van der Waals surface area (Å²) in [5.74, 6) is 0.165. The van der Waals surface area contributed by atoms with Gasteiger partial charge in [0.1, 0.15) is 11.4 Å². The van der Waals surface area contributed by atoms with Crippen LogP contribution in [0.15, 0.2) is 48.3 Å². The molecule has 2 saturated carbocycles. The number of fused-ring (bicyclic) bond motifs is 1. The zero-order chi connectivity index (χ0) is 20.7. The van der Waals surface area contributed by atoms with Gasteiger partial charge < -0.3 is 9.67 Å². The van der Waals surface area contributed by atoms with E-state index < -0.39 is 5.60 Å². The van der Waals surface area contributed by atoms with Gasteiger partial charge in [-0.15, -0.1) is 11.3 Å². The molecule has 1 aliphatic heterocycles. The number of hydrogen-bond acceptors (Lipinski definition) is 3. The zero-order valence-electron chi connectivity index (χ0n) is 17.2. The van der Waals surface area contributed by atoms with Crippen molar-refractivity contribution < 1.29 is 9.50 Å². The van der Waals surface area contributed by atoms with Crippen molar-refractivity contribution in [1.29, 1.82) is 0 Å². The van der Waals surface area contributed by atoms with Crippen LogP contribution < -0.4 is 0 Å². The molecule has 0 radical (unpaired) electrons. The van der Waals surface area contributed by atoms with Gasteiger partial charge in [-0.1, -0.05) is 12.5 Å². The normalized spacial score (nSPS) is 31.9. The van der Waals surface area contributed by atoms with Gasteiger partial charge in [0.05, 0.1) is 17.7 Å². The number of thiophene rings is 1. The molecule has 1 aromatic carbocycles. The molecule has 0 amide bonds. The minimum Gasteiger partial charge on any atom is -0.384 e. The first-order valence-electron chi connectivity index (χ1n) is 10.8. The van der Waals surface area contributed by atoms with Gasteiger partial charge >= 0.3 is 0 Å². The summed E-state index contributed by atoms with van der Waals surface area (Å²) in [6, 6.07) is 10.8. The average Bonchev–Trinajstić information content (AvgIpc) is 3.37. The quantitative estimate of drug-likeness (QED) is 0.571. The van der Waals surface area contributed by atoms with E-state index in [1.807, 2.05) is 6.33 Å². The molecule has 5 heteroatoms. The predicted molar refractivity (Wildman–Crippen MR) is 117 cm³/mol. The van der Waals surface area contributed by atoms with Gasteiger partial charge in [-0.2, -0.15) is 0 Å². The molecule has 1 unspecified atom stereocenters. The molecule has 0 saturated heterocycles. The van der Waals surface area contributed by atoms with Gasteiger partial charge in [0, 0.05) is 39.1 Å². The maximum Gasteiger partial charge on any atom is 0.123 e. The summed E-state index contributed by atoms with van der Waals surface area (Å²) < 4.78 is 15.6. The highest BCUT2D eigenvalue weighted by atomic mass is 32.1. The maximum atomic E-state index is 13.4. The molecule has 4 atom stereocenters. The second-order valence-electron chi connectivity index (χ2n) is 9.23. The van der Waals surface area contributed by atoms with E-state index in [9.17, 15) is 9.50 Å². The highest BCUT2D eigenvalue weighted by molar-refractivity contribution is 7.12. The van der Waals surface area contributed by atoms with Crippen molar-refractivity contribution in [2.45, 2.75) is 45.3 Å². The van der Waals surface area contributed by atoms with Crippen molar-refractivity contribution in [3.63, 3.8) is 0 Å². The second kappa shape index (κ2) is 6.14. The molecule has 154 valence electrons. The first-order valence-corrected chi connectivity index (χ1v) is 11.6. The van der Waals surface area contributed by atoms with E-state index in [0.717, 1.165) is 47.6 Å². The number of hydrogen-bond donors (Lipinski definition) is 1. The fourth-order valence-electron chi connectivity index (χ4n) is 6.54. The highest BCUT2D eigenvalue weighted by Crippen LogP contribution is 2.72. The van der Waals surface area contributed by atoms with E-state index in [1.165, 1.54) is 22.6 Å². The number of rotatable bonds is 2. The van der Waals surface area contributed by atoms with Crippen molar-refractivity contribution in [2.24, 2.45) is 17.3 Å². The lowest BCUT2D eigenvalue weighted by Gasteiger charge is -2.69. The van der Waals surface area contributed by atoms with Gasteiger partial charge in [0.2, 0.25) is 0 Å². The Labute approximate surface area is 179 Å². The Kier molecular flexibility index (Phi) is 3.79. The van der Waals surface area contributed by atoms with Crippen LogP contribution in [0, 0.1) is 30.0 Å². The third kappa shape index (κ3) is 2.20. The third-order valence-corrected chi connectivity index (χ3v) is 9.14. The van der Waals surface area contributed by atoms with Crippen LogP contribution in [0.4, 0.5) is 4.39 Å². The summed E-state index contributed by atoms with van der Waals surface area (Å²) in [5.41, 5.74) is 3.68. The van der Waals surface area contributed by atoms with Crippen LogP contribution in [-0.4, -0.2) is 14.7 Å². The Morgan fingerprint density at radius 3 is 2.73 bits per heavy atom. The number of benzene rings is 1. The van der Waals surface area contributed by atoms with Crippen LogP contribution in [0.1, 0.15) is 41.6 Å². The van der Waals surface area contributed by atoms with Gasteiger partial charge in [0.25, 0.3) is 0 Å². The summed E-state index contributed by atoms with van der Waals surface area (Å²) in [4.78, 5) is 7.07. The Morgan fingerprint density at radius 1 is 1.20 bits per heavy atom. The first-order chi connectivity index (χ1) is 14.4. The monoisotopic (exact) mass is 420 g/mol. The van der Waals surface area contributed by atoms with Crippen molar-refractivity contribution in [2.75, 3.05) is 0 Å². The Balaban J connectivity index is 1.43. The number of aryl methyl sites for hydroxylation is 1. The molecule has 3 nitrogen and oxygen atoms in total. The molecule has 2 aromatic heterocycles. The molecule has 2 aliphatic carbocycles. The molecule has 3 aliphatic rings. The summed E-state index contributed by atoms with van der Waals surface area (Å²) >= 11 is 1.73. The fourth-order valence-corrected chi connectivity index (χ4v) is 7.64. The Bertz CT molecular complexity index is 1180. The molecule has 3 heterocycles. The lowest BCUT2D eigenvalue weighted by molar-refractivity contribution is -0.254. The van der Waals surface area contributed by atoms with Crippen molar-refractivity contribution in [3.8, 4) is 11.3 Å². The molecule has 1 N–H and O–H groups in total. The molecule has 3 aromatic rings. The van der Waals surface area contributed by atoms with Crippen LogP contribution in [0.5, 0.6) is 0 Å². The predicted octanol–water partition coefficient (Wildman–Crippen LogP) is 5.78. The van der Waals surface area contributed by atoms with Gasteiger partial charge in [-0.3, -0.25) is 0 Å². The Morgan fingerprint density at radius 2 is 2.00 bits per heavy atom. The van der Waals surface area contributed by atoms with E-state index in [1.54, 1.807) is 23.5 Å². The average molecular weight is 421 g/mol. The van der Waals surface area contributed by atoms with Gasteiger partial charge in [0.15, 0.2) is 0 Å². The number of nitrogens with zero attached hydrogens (tertiary/aromatic N) is 2. The van der Waals surface area contributed by atoms with E-state index >= 15 is 0 Å². The second-order valence-corrected chi connectivity index (χ2v) is 10.5. The van der Waals surface area contributed by atoms with Crippen molar-refractivity contribution in [1.82, 2.24) is 9.55 Å². The van der Waals surface area contributed by atoms with E-state index in [4.69, 9.17) is 4.98 Å². The minimum absolute atomic E-state index is 0.00133. The number of allylic oxidation sites excluding steroid dienone is 1. The Hall–Kier alpha value is -2.24. The van der Waals surface area contributed by atoms with E-state index in [2.05, 4.69) is 36.6 Å². The zero-order valence-corrected chi connectivity index (χ0v) is 18.0. The van der Waals surface area contributed by atoms with Crippen LogP contribution in [0.2, 0.25) is 0 Å². The SMILES string of the molecule is Cc1ccc([C@]2(O)C(C)[C@]34Cn5cnc(-c6ccc(F)cc6)c5C=C3CCC[C@@H]42)s1. The number of imidazole rings is 1. The fraction of sp³-hybridized carbons (Fsp3) is 0.400. The van der Waals surface area contributed by atoms with Gasteiger partial charge in [-0.05, 0) is 68.7 Å². The van der Waals surface area contributed by atoms with Crippen LogP contribution >= 0.6 is 11.3 Å². The van der Waals surface area contributed by atoms with Crippen LogP contribution in [0.3, 0.4) is 0 Å². The van der Waals surface area contributed by atoms with Crippen molar-refractivity contribution >= 4 is 17.4 Å². The summed E-state index contributed by atoms with van der Waals surface area (Å²) in [5, 5.41) is 11.9. The topological polar surface area (TPSA) is 38.0 Å². The molecular weight excluding hydrogens is 395 g/mol. The van der Waals surface area contributed by atoms with Crippen molar-refractivity contribution in [3.05, 3.63) is 69.6 Å². The molecule has 2 fully saturated rings. The molecule has 0 bridgehead atoms. The van der Waals surface area contributed by atoms with Crippen LogP contribution in [-0.2, 0) is 12.1 Å². The largest absolute Gasteiger partial charge is 0.384 e. The molecule has 1 spiro atoms. The van der Waals surface area contributed by atoms with Gasteiger partial charge in [-0.25, -0.2) is 9.37 Å². The summed E-state index contributed by atoms with van der Waals surface area (Å²) in [7, 11) is 0. The summed E-state index contributed by atoms with van der Waals surface area (Å²) in [6.07, 6.45) is 7.48. The molecular formula is C25H25FN2OS. The standard InChI is InChI=1S/C25H25FN2OS/c1-15-6-11-22(30-15)25(29)16(2)24-13-28-14-27-23(17-7-9-19(26)10-8-17)20(28)12-18(24)4-3-5-21(24)25/h6-12,14,16,21,29H,3-5,13H2,1-2H3/t16?,21-,24+,25-/m0/s1.